The summed E-state index contributed by atoms with van der Waals surface area (Å²) in [6.07, 6.45) is 12.5. The molecule has 4 aromatic carbocycles. The number of carbonyl (C=O) groups excluding carboxylic acids is 8. The van der Waals surface area contributed by atoms with Gasteiger partial charge in [0.2, 0.25) is 0 Å². The molecular formula is C84H113N23O19S3. The van der Waals surface area contributed by atoms with Gasteiger partial charge in [-0.1, -0.05) is 24.3 Å². The Morgan fingerprint density at radius 2 is 0.822 bits per heavy atom. The maximum Gasteiger partial charge on any atom is 0.415 e. The van der Waals surface area contributed by atoms with Crippen LogP contribution in [0.4, 0.5) is 58.6 Å². The Bertz CT molecular complexity index is 5520. The molecule has 3 unspecified atom stereocenters. The number of aromatic nitrogens is 6. The second-order valence-corrected chi connectivity index (χ2v) is 39.8. The van der Waals surface area contributed by atoms with Gasteiger partial charge < -0.3 is 97.6 Å². The molecule has 6 fully saturated rings. The van der Waals surface area contributed by atoms with E-state index in [-0.39, 0.29) is 98.1 Å². The first kappa shape index (κ1) is 98.4. The zero-order valence-electron chi connectivity index (χ0n) is 73.6. The van der Waals surface area contributed by atoms with Gasteiger partial charge in [0.25, 0.3) is 23.4 Å². The quantitative estimate of drug-likeness (QED) is 0.0378. The van der Waals surface area contributed by atoms with Crippen LogP contribution < -0.4 is 63.6 Å². The third kappa shape index (κ3) is 29.4. The number of piperazine rings is 3. The van der Waals surface area contributed by atoms with Crippen molar-refractivity contribution in [3.8, 4) is 5.75 Å². The van der Waals surface area contributed by atoms with E-state index in [1.54, 1.807) is 71.9 Å². The zero-order valence-corrected chi connectivity index (χ0v) is 76.0. The highest BCUT2D eigenvalue weighted by molar-refractivity contribution is 7.91. The highest BCUT2D eigenvalue weighted by Crippen LogP contribution is 2.29. The summed E-state index contributed by atoms with van der Waals surface area (Å²) in [5.41, 5.74) is 24.4. The Balaban J connectivity index is 0.000000183. The summed E-state index contributed by atoms with van der Waals surface area (Å²) in [4.78, 5) is 149. The molecule has 6 aliphatic heterocycles. The number of hydrogen-bond acceptors (Lipinski definition) is 31. The molecule has 129 heavy (non-hydrogen) atoms. The van der Waals surface area contributed by atoms with Crippen LogP contribution in [0.15, 0.2) is 130 Å². The summed E-state index contributed by atoms with van der Waals surface area (Å²) in [7, 11) is -9.92. The van der Waals surface area contributed by atoms with Crippen molar-refractivity contribution in [3.63, 3.8) is 0 Å². The number of benzene rings is 4. The Morgan fingerprint density at radius 3 is 1.20 bits per heavy atom. The molecule has 12 N–H and O–H groups in total. The summed E-state index contributed by atoms with van der Waals surface area (Å²) in [5, 5.41) is 23.1. The number of anilines is 5. The average Bonchev–Trinajstić information content (AvgIpc) is 0.813. The van der Waals surface area contributed by atoms with Gasteiger partial charge in [-0.15, -0.1) is 0 Å². The van der Waals surface area contributed by atoms with Crippen LogP contribution in [-0.2, 0) is 51.8 Å². The molecule has 10 amide bonds. The fourth-order valence-corrected chi connectivity index (χ4v) is 16.3. The number of nitrogens with two attached hydrogens (primary N) is 4. The van der Waals surface area contributed by atoms with Gasteiger partial charge in [-0.3, -0.25) is 24.5 Å². The molecule has 42 nitrogen and oxygen atoms in total. The molecule has 696 valence electrons. The van der Waals surface area contributed by atoms with E-state index in [4.69, 9.17) is 47.1 Å². The molecule has 3 atom stereocenters. The number of nitro groups is 1. The molecule has 3 aromatic heterocycles. The number of ether oxygens (including phenoxy) is 3. The summed E-state index contributed by atoms with van der Waals surface area (Å²) < 4.78 is 86.1. The van der Waals surface area contributed by atoms with Crippen molar-refractivity contribution in [1.82, 2.24) is 70.4 Å². The Morgan fingerprint density at radius 1 is 0.465 bits per heavy atom. The molecule has 6 saturated heterocycles. The van der Waals surface area contributed by atoms with Crippen LogP contribution >= 0.6 is 0 Å². The number of hydrogen-bond donors (Lipinski definition) is 8. The van der Waals surface area contributed by atoms with E-state index in [0.29, 0.717) is 126 Å². The number of primary amides is 3. The number of carbonyl (C=O) groups is 8. The lowest BCUT2D eigenvalue weighted by molar-refractivity contribution is -0.384. The molecular weight excluding hydrogens is 1730 g/mol. The molecule has 9 heterocycles. The standard InChI is InChI=1S/C28H39N7O6S.C23H31N7O4S.C17H22N6O3S.C16H21N3O6/c1-28(2,3)41-27(38)34-14-12-33(13-15-34)26(37)31-20-6-5-11-35(18-20)23-17-30-24(25(29)36)22(32-23)16-19-7-9-21(10-8-19)42(4,39)40;1-35(33,34)18-6-4-16(5-7-18)13-19-21(22(24)31)26-14-20(28-19)30-10-2-3-17(15-30)27-23(32)29-11-8-25-9-12-29;1-27(25,26)13-6-4-12(5-7-13)21-17-15(16(19)24)20-9-14(22-17)23-8-2-3-11(18)10-23;1-16(2,3)25-15(21)18-10-8-17(9-11-18)14(20)24-13-6-4-12(5-7-13)19(22)23/h7-10,17,20H,5-6,11-16,18H2,1-4H3,(H2,29,36)(H,31,37);4-7,14,17,25H,2-3,8-13,15H2,1H3,(H2,24,31)(H,27,32);4-7,9,11H,2-3,8,10,18H2,1H3,(H2,19,24)(H,21,22);4-7H,8-11H2,1-3H3. The molecule has 0 spiro atoms. The second-order valence-electron chi connectivity index (χ2n) is 33.8. The van der Waals surface area contributed by atoms with Crippen LogP contribution in [0.5, 0.6) is 5.75 Å². The van der Waals surface area contributed by atoms with Gasteiger partial charge in [-0.05, 0) is 152 Å². The van der Waals surface area contributed by atoms with Crippen molar-refractivity contribution in [2.75, 3.05) is 157 Å². The smallest absolute Gasteiger partial charge is 0.415 e. The van der Waals surface area contributed by atoms with Crippen molar-refractivity contribution >= 4 is 112 Å². The highest BCUT2D eigenvalue weighted by atomic mass is 32.2. The maximum absolute atomic E-state index is 13.0. The minimum Gasteiger partial charge on any atom is -0.444 e. The van der Waals surface area contributed by atoms with E-state index in [0.717, 1.165) is 94.6 Å². The molecule has 0 saturated carbocycles. The minimum atomic E-state index is -3.33. The van der Waals surface area contributed by atoms with E-state index in [9.17, 15) is 73.7 Å². The van der Waals surface area contributed by atoms with Crippen molar-refractivity contribution < 1.29 is 82.7 Å². The summed E-state index contributed by atoms with van der Waals surface area (Å²) >= 11 is 0. The van der Waals surface area contributed by atoms with Crippen LogP contribution in [0.2, 0.25) is 0 Å². The molecule has 0 aliphatic carbocycles. The van der Waals surface area contributed by atoms with E-state index < -0.39 is 75.5 Å². The predicted octanol–water partition coefficient (Wildman–Crippen LogP) is 5.25. The predicted molar refractivity (Wildman–Crippen MR) is 478 cm³/mol. The SMILES string of the molecule is CC(C)(C)OC(=O)N1CCN(C(=O)NC2CCCN(c3cnc(C(N)=O)c(Cc4ccc(S(C)(=O)=O)cc4)n3)C2)CC1.CC(C)(C)OC(=O)N1CCN(C(=O)Oc2ccc([N+](=O)[O-])cc2)CC1.CS(=O)(=O)c1ccc(Cc2nc(N3CCCC(NC(=O)N4CCNCC4)C3)cnc2C(N)=O)cc1.CS(=O)(=O)c1ccc(Nc2nc(N3CCCC(N)C3)cnc2C(N)=O)cc1. The van der Waals surface area contributed by atoms with Gasteiger partial charge in [0.15, 0.2) is 41.0 Å². The number of rotatable bonds is 19. The fourth-order valence-electron chi connectivity index (χ4n) is 14.5. The average molecular weight is 1850 g/mol. The fraction of sp³-hybridized carbons (Fsp3) is 0.476. The normalized spacial score (nSPS) is 17.5. The van der Waals surface area contributed by atoms with Crippen molar-refractivity contribution in [3.05, 3.63) is 165 Å². The number of piperidine rings is 3. The summed E-state index contributed by atoms with van der Waals surface area (Å²) in [6.45, 7) is 20.8. The molecule has 7 aromatic rings. The van der Waals surface area contributed by atoms with Crippen LogP contribution in [0.25, 0.3) is 0 Å². The second kappa shape index (κ2) is 43.4. The number of nitro benzene ring substituents is 1. The Labute approximate surface area is 748 Å². The summed E-state index contributed by atoms with van der Waals surface area (Å²) in [5.74, 6) is 0.131. The number of sulfone groups is 3. The van der Waals surface area contributed by atoms with Gasteiger partial charge >= 0.3 is 30.3 Å². The third-order valence-corrected chi connectivity index (χ3v) is 24.5. The van der Waals surface area contributed by atoms with Crippen LogP contribution in [0, 0.1) is 10.1 Å². The highest BCUT2D eigenvalue weighted by Gasteiger charge is 2.34. The number of nitrogens with zero attached hydrogens (tertiary/aromatic N) is 15. The zero-order chi connectivity index (χ0) is 93.9. The molecule has 0 bridgehead atoms. The van der Waals surface area contributed by atoms with Crippen LogP contribution in [0.1, 0.15) is 134 Å². The first-order valence-corrected chi connectivity index (χ1v) is 47.6. The lowest BCUT2D eigenvalue weighted by atomic mass is 10.1. The lowest BCUT2D eigenvalue weighted by Gasteiger charge is -2.38. The minimum absolute atomic E-state index is 0.00671. The first-order valence-electron chi connectivity index (χ1n) is 41.9. The largest absolute Gasteiger partial charge is 0.444 e. The van der Waals surface area contributed by atoms with Gasteiger partial charge in [0.1, 0.15) is 45.8 Å². The number of amides is 10. The van der Waals surface area contributed by atoms with E-state index >= 15 is 0 Å². The topological polar surface area (TPSA) is 565 Å². The maximum atomic E-state index is 13.0. The van der Waals surface area contributed by atoms with Crippen molar-refractivity contribution in [2.45, 2.75) is 137 Å². The molecule has 45 heteroatoms. The number of nitrogens with one attached hydrogen (secondary N) is 4. The third-order valence-electron chi connectivity index (χ3n) is 21.1. The monoisotopic (exact) mass is 1840 g/mol. The number of urea groups is 2. The summed E-state index contributed by atoms with van der Waals surface area (Å²) in [6, 6.07) is 23.9. The van der Waals surface area contributed by atoms with Gasteiger partial charge in [0.05, 0.1) is 49.6 Å². The van der Waals surface area contributed by atoms with Crippen molar-refractivity contribution in [1.29, 1.82) is 0 Å². The Hall–Kier alpha value is -12.8. The van der Waals surface area contributed by atoms with Crippen molar-refractivity contribution in [2.24, 2.45) is 22.9 Å². The first-order chi connectivity index (χ1) is 60.8. The van der Waals surface area contributed by atoms with Crippen LogP contribution in [0.3, 0.4) is 0 Å². The van der Waals surface area contributed by atoms with E-state index in [1.165, 1.54) is 84.2 Å². The van der Waals surface area contributed by atoms with Crippen LogP contribution in [-0.4, -0.2) is 299 Å². The van der Waals surface area contributed by atoms with Gasteiger partial charge in [0, 0.05) is 185 Å². The van der Waals surface area contributed by atoms with E-state index in [1.807, 2.05) is 35.5 Å². The Kier molecular flexibility index (Phi) is 33.1. The van der Waals surface area contributed by atoms with Gasteiger partial charge in [-0.2, -0.15) is 0 Å². The van der Waals surface area contributed by atoms with E-state index in [2.05, 4.69) is 46.1 Å². The molecule has 6 aliphatic rings. The molecule has 13 rings (SSSR count). The number of non-ortho nitro benzene ring substituents is 1. The molecule has 0 radical (unpaired) electrons. The lowest BCUT2D eigenvalue weighted by Crippen LogP contribution is -2.57. The van der Waals surface area contributed by atoms with Gasteiger partial charge in [-0.25, -0.2) is 79.1 Å².